The standard InChI is InChI=1S/C20H24ClN3O2S/c1-13-19(20(25)23-15-8-10-24(11-9-15)16-4-5-16)27-18(22-13)12-26-17-6-2-14(21)3-7-17/h2-3,6-7,15-16H,4-5,8-12H2,1H3,(H,23,25). The summed E-state index contributed by atoms with van der Waals surface area (Å²) in [4.78, 5) is 20.4. The zero-order valence-electron chi connectivity index (χ0n) is 15.4. The number of benzene rings is 1. The maximum atomic E-state index is 12.7. The number of nitrogens with zero attached hydrogens (tertiary/aromatic N) is 2. The van der Waals surface area contributed by atoms with Gasteiger partial charge >= 0.3 is 0 Å². The maximum absolute atomic E-state index is 12.7. The highest BCUT2D eigenvalue weighted by Crippen LogP contribution is 2.29. The number of carbonyl (C=O) groups excluding carboxylic acids is 1. The Morgan fingerprint density at radius 3 is 2.63 bits per heavy atom. The summed E-state index contributed by atoms with van der Waals surface area (Å²) in [6.45, 7) is 4.42. The molecule has 5 nitrogen and oxygen atoms in total. The molecule has 1 amide bonds. The Kier molecular flexibility index (Phi) is 5.66. The van der Waals surface area contributed by atoms with Gasteiger partial charge in [0, 0.05) is 30.2 Å². The Morgan fingerprint density at radius 1 is 1.26 bits per heavy atom. The molecule has 4 rings (SSSR count). The van der Waals surface area contributed by atoms with Crippen molar-refractivity contribution < 1.29 is 9.53 Å². The number of halogens is 1. The largest absolute Gasteiger partial charge is 0.486 e. The third-order valence-corrected chi connectivity index (χ3v) is 6.53. The Morgan fingerprint density at radius 2 is 1.96 bits per heavy atom. The lowest BCUT2D eigenvalue weighted by Gasteiger charge is -2.32. The first-order chi connectivity index (χ1) is 13.1. The number of piperidine rings is 1. The van der Waals surface area contributed by atoms with Crippen molar-refractivity contribution in [3.63, 3.8) is 0 Å². The molecule has 0 atom stereocenters. The van der Waals surface area contributed by atoms with E-state index in [4.69, 9.17) is 16.3 Å². The molecule has 2 fully saturated rings. The first-order valence-electron chi connectivity index (χ1n) is 9.48. The average Bonchev–Trinajstić information content (AvgIpc) is 3.44. The molecule has 27 heavy (non-hydrogen) atoms. The lowest BCUT2D eigenvalue weighted by atomic mass is 10.0. The van der Waals surface area contributed by atoms with E-state index in [-0.39, 0.29) is 11.9 Å². The summed E-state index contributed by atoms with van der Waals surface area (Å²) in [6, 6.07) is 8.31. The third kappa shape index (κ3) is 4.81. The zero-order valence-corrected chi connectivity index (χ0v) is 17.0. The van der Waals surface area contributed by atoms with Crippen LogP contribution >= 0.6 is 22.9 Å². The van der Waals surface area contributed by atoms with E-state index in [1.807, 2.05) is 19.1 Å². The van der Waals surface area contributed by atoms with Gasteiger partial charge in [-0.25, -0.2) is 4.98 Å². The molecule has 0 radical (unpaired) electrons. The van der Waals surface area contributed by atoms with E-state index in [1.165, 1.54) is 24.2 Å². The van der Waals surface area contributed by atoms with Crippen LogP contribution in [0.2, 0.25) is 5.02 Å². The summed E-state index contributed by atoms with van der Waals surface area (Å²) in [5.41, 5.74) is 0.766. The van der Waals surface area contributed by atoms with Crippen molar-refractivity contribution in [1.82, 2.24) is 15.2 Å². The fraction of sp³-hybridized carbons (Fsp3) is 0.500. The van der Waals surface area contributed by atoms with Gasteiger partial charge in [-0.2, -0.15) is 0 Å². The Hall–Kier alpha value is -1.63. The molecule has 0 unspecified atom stereocenters. The molecule has 1 aliphatic carbocycles. The van der Waals surface area contributed by atoms with Gasteiger partial charge in [-0.15, -0.1) is 11.3 Å². The molecule has 1 saturated heterocycles. The second-order valence-electron chi connectivity index (χ2n) is 7.28. The predicted molar refractivity (Wildman–Crippen MR) is 108 cm³/mol. The van der Waals surface area contributed by atoms with Gasteiger partial charge in [0.1, 0.15) is 22.2 Å². The van der Waals surface area contributed by atoms with E-state index in [2.05, 4.69) is 15.2 Å². The number of likely N-dealkylation sites (tertiary alicyclic amines) is 1. The number of aromatic nitrogens is 1. The molecule has 0 bridgehead atoms. The number of ether oxygens (including phenoxy) is 1. The van der Waals surface area contributed by atoms with E-state index in [1.54, 1.807) is 12.1 Å². The van der Waals surface area contributed by atoms with Gasteiger partial charge < -0.3 is 15.0 Å². The van der Waals surface area contributed by atoms with Gasteiger partial charge in [0.2, 0.25) is 0 Å². The van der Waals surface area contributed by atoms with Crippen LogP contribution in [0.25, 0.3) is 0 Å². The van der Waals surface area contributed by atoms with Crippen LogP contribution in [-0.4, -0.2) is 41.0 Å². The van der Waals surface area contributed by atoms with Gasteiger partial charge in [-0.3, -0.25) is 4.79 Å². The second-order valence-corrected chi connectivity index (χ2v) is 8.80. The first-order valence-corrected chi connectivity index (χ1v) is 10.7. The number of nitrogens with one attached hydrogen (secondary N) is 1. The number of carbonyl (C=O) groups is 1. The van der Waals surface area contributed by atoms with Crippen LogP contribution in [0, 0.1) is 6.92 Å². The molecular weight excluding hydrogens is 382 g/mol. The summed E-state index contributed by atoms with van der Waals surface area (Å²) in [5, 5.41) is 4.68. The lowest BCUT2D eigenvalue weighted by molar-refractivity contribution is 0.0912. The minimum Gasteiger partial charge on any atom is -0.486 e. The molecule has 144 valence electrons. The smallest absolute Gasteiger partial charge is 0.263 e. The molecular formula is C20H24ClN3O2S. The topological polar surface area (TPSA) is 54.5 Å². The van der Waals surface area contributed by atoms with Gasteiger partial charge in [0.05, 0.1) is 5.69 Å². The van der Waals surface area contributed by atoms with Crippen molar-refractivity contribution in [2.24, 2.45) is 0 Å². The van der Waals surface area contributed by atoms with E-state index >= 15 is 0 Å². The molecule has 2 heterocycles. The summed E-state index contributed by atoms with van der Waals surface area (Å²) in [5.74, 6) is 0.730. The van der Waals surface area contributed by atoms with Crippen LogP contribution in [0.1, 0.15) is 46.1 Å². The second kappa shape index (κ2) is 8.17. The fourth-order valence-electron chi connectivity index (χ4n) is 3.50. The summed E-state index contributed by atoms with van der Waals surface area (Å²) in [7, 11) is 0. The van der Waals surface area contributed by atoms with Crippen molar-refractivity contribution in [3.05, 3.63) is 44.9 Å². The molecule has 1 aromatic heterocycles. The Balaban J connectivity index is 1.30. The van der Waals surface area contributed by atoms with Crippen LogP contribution in [0.4, 0.5) is 0 Å². The van der Waals surface area contributed by atoms with E-state index in [0.29, 0.717) is 16.5 Å². The molecule has 1 N–H and O–H groups in total. The maximum Gasteiger partial charge on any atom is 0.263 e. The minimum atomic E-state index is -0.00684. The van der Waals surface area contributed by atoms with Gasteiger partial charge in [0.25, 0.3) is 5.91 Å². The highest BCUT2D eigenvalue weighted by molar-refractivity contribution is 7.13. The third-order valence-electron chi connectivity index (χ3n) is 5.15. The van der Waals surface area contributed by atoms with Crippen molar-refractivity contribution >= 4 is 28.8 Å². The van der Waals surface area contributed by atoms with E-state index < -0.39 is 0 Å². The fourth-order valence-corrected chi connectivity index (χ4v) is 4.51. The van der Waals surface area contributed by atoms with Crippen molar-refractivity contribution in [2.45, 2.75) is 51.3 Å². The predicted octanol–water partition coefficient (Wildman–Crippen LogP) is 4.04. The molecule has 1 aromatic carbocycles. The Labute approximate surface area is 168 Å². The van der Waals surface area contributed by atoms with Crippen LogP contribution in [0.3, 0.4) is 0 Å². The van der Waals surface area contributed by atoms with Crippen LogP contribution in [0.5, 0.6) is 5.75 Å². The highest BCUT2D eigenvalue weighted by Gasteiger charge is 2.32. The monoisotopic (exact) mass is 405 g/mol. The number of thiazole rings is 1. The van der Waals surface area contributed by atoms with Crippen molar-refractivity contribution in [1.29, 1.82) is 0 Å². The van der Waals surface area contributed by atoms with Crippen LogP contribution in [0.15, 0.2) is 24.3 Å². The number of rotatable bonds is 6. The average molecular weight is 406 g/mol. The normalized spacial score (nSPS) is 18.4. The lowest BCUT2D eigenvalue weighted by Crippen LogP contribution is -2.45. The summed E-state index contributed by atoms with van der Waals surface area (Å²) >= 11 is 7.29. The van der Waals surface area contributed by atoms with Gasteiger partial charge in [-0.05, 0) is 56.9 Å². The molecule has 2 aromatic rings. The molecule has 1 saturated carbocycles. The van der Waals surface area contributed by atoms with Crippen molar-refractivity contribution in [2.75, 3.05) is 13.1 Å². The Bertz CT molecular complexity index is 796. The molecule has 2 aliphatic rings. The molecule has 0 spiro atoms. The number of amides is 1. The number of aryl methyl sites for hydroxylation is 1. The number of hydrogen-bond acceptors (Lipinski definition) is 5. The zero-order chi connectivity index (χ0) is 18.8. The summed E-state index contributed by atoms with van der Waals surface area (Å²) in [6.07, 6.45) is 4.76. The van der Waals surface area contributed by atoms with Crippen LogP contribution in [-0.2, 0) is 6.61 Å². The van der Waals surface area contributed by atoms with Crippen LogP contribution < -0.4 is 10.1 Å². The molecule has 1 aliphatic heterocycles. The highest BCUT2D eigenvalue weighted by atomic mass is 35.5. The quantitative estimate of drug-likeness (QED) is 0.787. The van der Waals surface area contributed by atoms with Crippen molar-refractivity contribution in [3.8, 4) is 5.75 Å². The summed E-state index contributed by atoms with van der Waals surface area (Å²) < 4.78 is 5.74. The first kappa shape index (κ1) is 18.7. The number of hydrogen-bond donors (Lipinski definition) is 1. The molecule has 7 heteroatoms. The van der Waals surface area contributed by atoms with E-state index in [0.717, 1.165) is 48.4 Å². The SMILES string of the molecule is Cc1nc(COc2ccc(Cl)cc2)sc1C(=O)NC1CCN(C2CC2)CC1. The van der Waals surface area contributed by atoms with Gasteiger partial charge in [-0.1, -0.05) is 11.6 Å². The van der Waals surface area contributed by atoms with E-state index in [9.17, 15) is 4.79 Å². The van der Waals surface area contributed by atoms with Gasteiger partial charge in [0.15, 0.2) is 0 Å². The minimum absolute atomic E-state index is 0.00684.